The molecule has 0 amide bonds. The molecule has 1 saturated heterocycles. The van der Waals surface area contributed by atoms with E-state index in [2.05, 4.69) is 4.18 Å². The largest absolute Gasteiger partial charge is 0.523 e. The normalized spacial score (nSPS) is 34.6. The van der Waals surface area contributed by atoms with E-state index in [1.165, 1.54) is 14.0 Å². The maximum Gasteiger partial charge on any atom is 0.523 e. The molecule has 0 aromatic heterocycles. The minimum absolute atomic E-state index is 0.182. The van der Waals surface area contributed by atoms with Crippen LogP contribution in [0.4, 0.5) is 13.2 Å². The van der Waals surface area contributed by atoms with Crippen molar-refractivity contribution in [3.63, 3.8) is 0 Å². The highest BCUT2D eigenvalue weighted by atomic mass is 32.2. The summed E-state index contributed by atoms with van der Waals surface area (Å²) in [7, 11) is -4.48. The summed E-state index contributed by atoms with van der Waals surface area (Å²) in [6.07, 6.45) is -5.11. The Kier molecular flexibility index (Phi) is 4.60. The van der Waals surface area contributed by atoms with E-state index in [1.54, 1.807) is 0 Å². The van der Waals surface area contributed by atoms with Crippen LogP contribution in [0.1, 0.15) is 13.3 Å². The third-order valence-electron chi connectivity index (χ3n) is 2.43. The van der Waals surface area contributed by atoms with Gasteiger partial charge in [-0.1, -0.05) is 0 Å². The van der Waals surface area contributed by atoms with Gasteiger partial charge in [-0.25, -0.2) is 0 Å². The predicted molar refractivity (Wildman–Crippen MR) is 51.8 cm³/mol. The van der Waals surface area contributed by atoms with Gasteiger partial charge in [-0.15, -0.1) is 0 Å². The molecule has 0 aromatic carbocycles. The van der Waals surface area contributed by atoms with Crippen molar-refractivity contribution < 1.29 is 40.4 Å². The van der Waals surface area contributed by atoms with Crippen LogP contribution in [0.3, 0.4) is 0 Å². The van der Waals surface area contributed by atoms with Crippen molar-refractivity contribution in [1.29, 1.82) is 0 Å². The fraction of sp³-hybridized carbons (Fsp3) is 1.00. The number of rotatable bonds is 3. The number of aliphatic hydroxyl groups excluding tert-OH is 1. The van der Waals surface area contributed by atoms with Gasteiger partial charge >= 0.3 is 15.6 Å². The summed E-state index contributed by atoms with van der Waals surface area (Å²) in [6.45, 7) is 1.28. The molecule has 108 valence electrons. The zero-order valence-corrected chi connectivity index (χ0v) is 10.4. The molecule has 6 nitrogen and oxygen atoms in total. The van der Waals surface area contributed by atoms with Crippen LogP contribution in [0, 0.1) is 0 Å². The molecule has 4 atom stereocenters. The number of alkyl halides is 3. The molecule has 1 fully saturated rings. The van der Waals surface area contributed by atoms with Gasteiger partial charge in [0.05, 0.1) is 12.2 Å². The molecule has 1 aliphatic heterocycles. The number of halogens is 3. The first-order chi connectivity index (χ1) is 8.08. The standard InChI is InChI=1S/C8H13F3O6S/c1-4-7(5(12)3-6(15-2)16-4)17-18(13,14)8(9,10)11/h4-7,12H,3H2,1-2H3/t4-,5+,6-,7+/m1/s1. The van der Waals surface area contributed by atoms with Gasteiger partial charge in [-0.3, -0.25) is 4.18 Å². The minimum atomic E-state index is -5.77. The first-order valence-electron chi connectivity index (χ1n) is 4.94. The van der Waals surface area contributed by atoms with Crippen LogP contribution in [0.25, 0.3) is 0 Å². The first kappa shape index (κ1) is 15.6. The zero-order chi connectivity index (χ0) is 14.1. The van der Waals surface area contributed by atoms with Crippen LogP contribution in [0.5, 0.6) is 0 Å². The fourth-order valence-electron chi connectivity index (χ4n) is 1.51. The van der Waals surface area contributed by atoms with Gasteiger partial charge in [0, 0.05) is 13.5 Å². The SMILES string of the molecule is CO[C@H]1C[C@H](O)[C@@H](OS(=O)(=O)C(F)(F)F)[C@@H](C)O1. The van der Waals surface area contributed by atoms with Crippen molar-refractivity contribution in [3.8, 4) is 0 Å². The summed E-state index contributed by atoms with van der Waals surface area (Å²) in [5.41, 5.74) is -5.54. The highest BCUT2D eigenvalue weighted by Gasteiger charge is 2.51. The van der Waals surface area contributed by atoms with E-state index < -0.39 is 40.2 Å². The molecule has 0 unspecified atom stereocenters. The molecule has 1 N–H and O–H groups in total. The van der Waals surface area contributed by atoms with E-state index in [4.69, 9.17) is 9.47 Å². The smallest absolute Gasteiger partial charge is 0.390 e. The first-order valence-corrected chi connectivity index (χ1v) is 6.35. The third-order valence-corrected chi connectivity index (χ3v) is 3.47. The summed E-state index contributed by atoms with van der Waals surface area (Å²) in [5.74, 6) is 0. The average Bonchev–Trinajstić information content (AvgIpc) is 2.21. The second-order valence-electron chi connectivity index (χ2n) is 3.77. The highest BCUT2D eigenvalue weighted by Crippen LogP contribution is 2.30. The molecule has 0 radical (unpaired) electrons. The zero-order valence-electron chi connectivity index (χ0n) is 9.55. The minimum Gasteiger partial charge on any atom is -0.390 e. The molecule has 1 aliphatic rings. The second-order valence-corrected chi connectivity index (χ2v) is 5.33. The van der Waals surface area contributed by atoms with E-state index in [0.29, 0.717) is 0 Å². The Morgan fingerprint density at radius 1 is 1.39 bits per heavy atom. The van der Waals surface area contributed by atoms with Gasteiger partial charge in [0.15, 0.2) is 6.29 Å². The van der Waals surface area contributed by atoms with Gasteiger partial charge in [-0.2, -0.15) is 21.6 Å². The van der Waals surface area contributed by atoms with Crippen LogP contribution >= 0.6 is 0 Å². The summed E-state index contributed by atoms with van der Waals surface area (Å²) < 4.78 is 71.8. The Morgan fingerprint density at radius 3 is 2.33 bits per heavy atom. The van der Waals surface area contributed by atoms with Crippen LogP contribution < -0.4 is 0 Å². The van der Waals surface area contributed by atoms with Crippen molar-refractivity contribution in [1.82, 2.24) is 0 Å². The molecule has 1 rings (SSSR count). The number of hydrogen-bond donors (Lipinski definition) is 1. The summed E-state index contributed by atoms with van der Waals surface area (Å²) in [5, 5.41) is 9.55. The molecule has 1 heterocycles. The van der Waals surface area contributed by atoms with Gasteiger partial charge < -0.3 is 14.6 Å². The lowest BCUT2D eigenvalue weighted by molar-refractivity contribution is -0.232. The third kappa shape index (κ3) is 3.32. The molecular formula is C8H13F3O6S. The van der Waals surface area contributed by atoms with Crippen molar-refractivity contribution in [2.75, 3.05) is 7.11 Å². The number of hydrogen-bond acceptors (Lipinski definition) is 6. The maximum atomic E-state index is 12.1. The van der Waals surface area contributed by atoms with Crippen molar-refractivity contribution in [2.45, 2.75) is 43.5 Å². The lowest BCUT2D eigenvalue weighted by atomic mass is 10.0. The molecule has 18 heavy (non-hydrogen) atoms. The topological polar surface area (TPSA) is 82.1 Å². The molecule has 0 aliphatic carbocycles. The van der Waals surface area contributed by atoms with Gasteiger partial charge in [0.2, 0.25) is 0 Å². The van der Waals surface area contributed by atoms with Crippen LogP contribution in [0.2, 0.25) is 0 Å². The van der Waals surface area contributed by atoms with Crippen LogP contribution in [-0.2, 0) is 23.8 Å². The van der Waals surface area contributed by atoms with Crippen molar-refractivity contribution in [3.05, 3.63) is 0 Å². The van der Waals surface area contributed by atoms with E-state index >= 15 is 0 Å². The molecular weight excluding hydrogens is 281 g/mol. The maximum absolute atomic E-state index is 12.1. The molecule has 0 aromatic rings. The Morgan fingerprint density at radius 2 is 1.94 bits per heavy atom. The summed E-state index contributed by atoms with van der Waals surface area (Å²) >= 11 is 0. The van der Waals surface area contributed by atoms with Crippen LogP contribution in [0.15, 0.2) is 0 Å². The van der Waals surface area contributed by atoms with E-state index in [9.17, 15) is 26.7 Å². The molecule has 10 heteroatoms. The average molecular weight is 294 g/mol. The summed E-state index contributed by atoms with van der Waals surface area (Å²) in [4.78, 5) is 0. The van der Waals surface area contributed by atoms with Crippen molar-refractivity contribution >= 4 is 10.1 Å². The van der Waals surface area contributed by atoms with Gasteiger partial charge in [0.25, 0.3) is 0 Å². The Labute approximate surface area is 102 Å². The van der Waals surface area contributed by atoms with Gasteiger partial charge in [-0.05, 0) is 6.92 Å². The Balaban J connectivity index is 2.79. The predicted octanol–water partition coefficient (Wildman–Crippen LogP) is 0.363. The number of ether oxygens (including phenoxy) is 2. The molecule has 0 bridgehead atoms. The highest BCUT2D eigenvalue weighted by molar-refractivity contribution is 7.87. The Bertz CT molecular complexity index is 369. The molecule has 0 spiro atoms. The van der Waals surface area contributed by atoms with Gasteiger partial charge in [0.1, 0.15) is 6.10 Å². The number of aliphatic hydroxyl groups is 1. The summed E-state index contributed by atoms with van der Waals surface area (Å²) in [6, 6.07) is 0. The van der Waals surface area contributed by atoms with Crippen LogP contribution in [-0.4, -0.2) is 50.7 Å². The monoisotopic (exact) mass is 294 g/mol. The number of methoxy groups -OCH3 is 1. The van der Waals surface area contributed by atoms with Crippen molar-refractivity contribution in [2.24, 2.45) is 0 Å². The Hall–Kier alpha value is -0.420. The fourth-order valence-corrected chi connectivity index (χ4v) is 2.20. The van der Waals surface area contributed by atoms with E-state index in [-0.39, 0.29) is 6.42 Å². The van der Waals surface area contributed by atoms with E-state index in [1.807, 2.05) is 0 Å². The van der Waals surface area contributed by atoms with E-state index in [0.717, 1.165) is 0 Å². The second kappa shape index (κ2) is 5.29. The molecule has 0 saturated carbocycles. The lowest BCUT2D eigenvalue weighted by Crippen LogP contribution is -2.50. The lowest BCUT2D eigenvalue weighted by Gasteiger charge is -2.36. The quantitative estimate of drug-likeness (QED) is 0.598.